The van der Waals surface area contributed by atoms with Crippen LogP contribution in [0.2, 0.25) is 0 Å². The van der Waals surface area contributed by atoms with E-state index in [0.717, 1.165) is 17.7 Å². The third-order valence-electron chi connectivity index (χ3n) is 4.38. The van der Waals surface area contributed by atoms with Crippen LogP contribution in [0.1, 0.15) is 52.2 Å². The molecule has 2 aromatic carbocycles. The van der Waals surface area contributed by atoms with Crippen molar-refractivity contribution < 1.29 is 9.90 Å². The van der Waals surface area contributed by atoms with Gasteiger partial charge in [0.05, 0.1) is 5.60 Å². The van der Waals surface area contributed by atoms with Crippen molar-refractivity contribution in [2.24, 2.45) is 5.73 Å². The average molecular weight is 428 g/mol. The number of aryl methyl sites for hydroxylation is 2. The Morgan fingerprint density at radius 2 is 1.16 bits per heavy atom. The minimum absolute atomic E-state index is 0.0513. The molecule has 172 valence electrons. The van der Waals surface area contributed by atoms with E-state index >= 15 is 0 Å². The van der Waals surface area contributed by atoms with Gasteiger partial charge < -0.3 is 25.4 Å². The van der Waals surface area contributed by atoms with Gasteiger partial charge in [-0.25, -0.2) is 0 Å². The number of hydrogen-bond donors (Lipinski definition) is 2. The maximum atomic E-state index is 10.4. The number of aliphatic hydroxyl groups is 1. The van der Waals surface area contributed by atoms with E-state index in [-0.39, 0.29) is 6.17 Å². The van der Waals surface area contributed by atoms with Crippen molar-refractivity contribution in [2.75, 3.05) is 16.8 Å². The first kappa shape index (κ1) is 28.4. The summed E-state index contributed by atoms with van der Waals surface area (Å²) in [5.41, 5.74) is 8.52. The third-order valence-corrected chi connectivity index (χ3v) is 4.38. The summed E-state index contributed by atoms with van der Waals surface area (Å²) < 4.78 is 0. The zero-order valence-electron chi connectivity index (χ0n) is 20.5. The molecule has 0 saturated heterocycles. The lowest BCUT2D eigenvalue weighted by molar-refractivity contribution is -0.106. The molecule has 0 spiro atoms. The first-order chi connectivity index (χ1) is 14.7. The molecule has 1 aliphatic rings. The summed E-state index contributed by atoms with van der Waals surface area (Å²) in [7, 11) is 1.50. The van der Waals surface area contributed by atoms with Gasteiger partial charge in [0.1, 0.15) is 12.5 Å². The van der Waals surface area contributed by atoms with Crippen LogP contribution in [0, 0.1) is 13.8 Å². The normalized spacial score (nSPS) is 12.7. The van der Waals surface area contributed by atoms with Crippen molar-refractivity contribution in [3.8, 4) is 0 Å². The van der Waals surface area contributed by atoms with Crippen LogP contribution in [-0.2, 0) is 4.79 Å². The van der Waals surface area contributed by atoms with Crippen LogP contribution in [0.3, 0.4) is 0 Å². The molecule has 0 aromatic heterocycles. The lowest BCUT2D eigenvalue weighted by Crippen LogP contribution is -2.44. The van der Waals surface area contributed by atoms with Gasteiger partial charge in [0, 0.05) is 30.2 Å². The van der Waals surface area contributed by atoms with Gasteiger partial charge >= 0.3 is 0 Å². The highest BCUT2D eigenvalue weighted by molar-refractivity contribution is 5.61. The maximum Gasteiger partial charge on any atom is 0.116 e. The maximum absolute atomic E-state index is 10.4. The zero-order valence-corrected chi connectivity index (χ0v) is 20.5. The molecule has 31 heavy (non-hydrogen) atoms. The van der Waals surface area contributed by atoms with Gasteiger partial charge in [-0.2, -0.15) is 0 Å². The van der Waals surface area contributed by atoms with Crippen LogP contribution in [0.5, 0.6) is 0 Å². The van der Waals surface area contributed by atoms with Crippen LogP contribution in [-0.4, -0.2) is 30.2 Å². The molecule has 1 heterocycles. The number of rotatable bonds is 4. The number of nitrogens with zero attached hydrogens (tertiary/aromatic N) is 2. The molecule has 3 N–H and O–H groups in total. The Kier molecular flexibility index (Phi) is 13.2. The topological polar surface area (TPSA) is 69.8 Å². The van der Waals surface area contributed by atoms with Gasteiger partial charge in [0.2, 0.25) is 0 Å². The Labute approximate surface area is 189 Å². The standard InChI is InChI=1S/C21H26N2O.C2H4O.C2H6.CH5N/c1-16-5-9-18(10-6-16)22-13-14-23(20(22)15-21(3,4)24)19-11-7-17(2)8-12-19;1-2-3;2*1-2/h5-14,20,24H,15H2,1-4H3;2H,1H3;1-2H3;2H2,1H3. The number of carbonyl (C=O) groups is 1. The Hall–Kier alpha value is -2.63. The van der Waals surface area contributed by atoms with Gasteiger partial charge in [0.15, 0.2) is 0 Å². The van der Waals surface area contributed by atoms with Gasteiger partial charge in [-0.15, -0.1) is 0 Å². The number of benzene rings is 2. The van der Waals surface area contributed by atoms with Gasteiger partial charge in [-0.05, 0) is 65.9 Å². The second-order valence-corrected chi connectivity index (χ2v) is 7.52. The molecule has 0 amide bonds. The Morgan fingerprint density at radius 3 is 1.42 bits per heavy atom. The predicted octanol–water partition coefficient (Wildman–Crippen LogP) is 5.39. The summed E-state index contributed by atoms with van der Waals surface area (Å²) in [6.45, 7) is 13.4. The molecule has 2 aromatic rings. The summed E-state index contributed by atoms with van der Waals surface area (Å²) >= 11 is 0. The number of nitrogens with two attached hydrogens (primary N) is 1. The fourth-order valence-electron chi connectivity index (χ4n) is 3.07. The first-order valence-corrected chi connectivity index (χ1v) is 10.8. The molecule has 1 aliphatic heterocycles. The van der Waals surface area contributed by atoms with Crippen LogP contribution in [0.15, 0.2) is 60.9 Å². The number of aldehydes is 1. The highest BCUT2D eigenvalue weighted by atomic mass is 16.3. The molecule has 0 saturated carbocycles. The summed E-state index contributed by atoms with van der Waals surface area (Å²) in [6, 6.07) is 17.0. The Bertz CT molecular complexity index is 707. The second-order valence-electron chi connectivity index (χ2n) is 7.52. The molecule has 0 unspecified atom stereocenters. The average Bonchev–Trinajstić information content (AvgIpc) is 3.14. The fourth-order valence-corrected chi connectivity index (χ4v) is 3.07. The molecule has 0 aliphatic carbocycles. The van der Waals surface area contributed by atoms with Crippen LogP contribution in [0.4, 0.5) is 11.4 Å². The SMILES string of the molecule is CC.CC=O.CN.Cc1ccc(N2C=CN(c3ccc(C)cc3)C2CC(C)(C)O)cc1. The first-order valence-electron chi connectivity index (χ1n) is 10.8. The van der Waals surface area contributed by atoms with E-state index in [1.54, 1.807) is 0 Å². The number of hydrogen-bond acceptors (Lipinski definition) is 5. The van der Waals surface area contributed by atoms with E-state index in [1.807, 2.05) is 27.7 Å². The molecule has 3 rings (SSSR count). The summed E-state index contributed by atoms with van der Waals surface area (Å²) in [5, 5.41) is 10.4. The molecule has 5 heteroatoms. The second kappa shape index (κ2) is 14.4. The van der Waals surface area contributed by atoms with Crippen molar-refractivity contribution in [1.29, 1.82) is 0 Å². The van der Waals surface area contributed by atoms with Crippen LogP contribution >= 0.6 is 0 Å². The van der Waals surface area contributed by atoms with Gasteiger partial charge in [-0.1, -0.05) is 49.2 Å². The van der Waals surface area contributed by atoms with Crippen molar-refractivity contribution >= 4 is 17.7 Å². The smallest absolute Gasteiger partial charge is 0.116 e. The minimum atomic E-state index is -0.747. The van der Waals surface area contributed by atoms with Gasteiger partial charge in [-0.3, -0.25) is 0 Å². The Morgan fingerprint density at radius 1 is 0.871 bits per heavy atom. The van der Waals surface area contributed by atoms with E-state index in [9.17, 15) is 5.11 Å². The fraction of sp³-hybridized carbons (Fsp3) is 0.423. The zero-order chi connectivity index (χ0) is 24.0. The number of anilines is 2. The van der Waals surface area contributed by atoms with Crippen LogP contribution < -0.4 is 15.5 Å². The van der Waals surface area contributed by atoms with Gasteiger partial charge in [0.25, 0.3) is 0 Å². The van der Waals surface area contributed by atoms with Crippen molar-refractivity contribution in [3.63, 3.8) is 0 Å². The van der Waals surface area contributed by atoms with E-state index in [2.05, 4.69) is 90.3 Å². The molecule has 0 radical (unpaired) electrons. The molecule has 0 atom stereocenters. The molecular formula is C26H41N3O2. The van der Waals surface area contributed by atoms with Crippen molar-refractivity contribution in [1.82, 2.24) is 0 Å². The quantitative estimate of drug-likeness (QED) is 0.640. The lowest BCUT2D eigenvalue weighted by atomic mass is 10.0. The van der Waals surface area contributed by atoms with E-state index in [0.29, 0.717) is 6.42 Å². The summed E-state index contributed by atoms with van der Waals surface area (Å²) in [4.78, 5) is 13.3. The summed E-state index contributed by atoms with van der Waals surface area (Å²) in [5.74, 6) is 0. The molecule has 5 nitrogen and oxygen atoms in total. The molecule has 0 bridgehead atoms. The molecule has 0 fully saturated rings. The molecular weight excluding hydrogens is 386 g/mol. The van der Waals surface area contributed by atoms with Crippen molar-refractivity contribution in [3.05, 3.63) is 72.1 Å². The minimum Gasteiger partial charge on any atom is -0.390 e. The monoisotopic (exact) mass is 427 g/mol. The summed E-state index contributed by atoms with van der Waals surface area (Å²) in [6.07, 6.45) is 5.64. The highest BCUT2D eigenvalue weighted by Gasteiger charge is 2.33. The third kappa shape index (κ3) is 9.37. The predicted molar refractivity (Wildman–Crippen MR) is 134 cm³/mol. The van der Waals surface area contributed by atoms with Crippen molar-refractivity contribution in [2.45, 2.75) is 66.7 Å². The van der Waals surface area contributed by atoms with Crippen LogP contribution in [0.25, 0.3) is 0 Å². The van der Waals surface area contributed by atoms with E-state index < -0.39 is 5.60 Å². The lowest BCUT2D eigenvalue weighted by Gasteiger charge is -2.36. The van der Waals surface area contributed by atoms with E-state index in [1.165, 1.54) is 25.1 Å². The number of carbonyl (C=O) groups excluding carboxylic acids is 1. The largest absolute Gasteiger partial charge is 0.390 e. The highest BCUT2D eigenvalue weighted by Crippen LogP contribution is 2.33. The Balaban J connectivity index is 0.00000116. The van der Waals surface area contributed by atoms with E-state index in [4.69, 9.17) is 4.79 Å².